The van der Waals surface area contributed by atoms with Gasteiger partial charge in [-0.05, 0) is 140 Å². The number of carbonyl (C=O) groups is 2. The zero-order valence-corrected chi connectivity index (χ0v) is 38.2. The molecular formula is C53H72N2O5. The maximum absolute atomic E-state index is 15.2. The number of nitrogens with zero attached hydrogens (tertiary/aromatic N) is 2. The predicted molar refractivity (Wildman–Crippen MR) is 236 cm³/mol. The third-order valence-corrected chi connectivity index (χ3v) is 19.3. The Bertz CT molecular complexity index is 2170. The van der Waals surface area contributed by atoms with Gasteiger partial charge in [-0.25, -0.2) is 0 Å². The Morgan fingerprint density at radius 2 is 1.67 bits per heavy atom. The first kappa shape index (κ1) is 41.2. The Hall–Kier alpha value is -2.87. The molecule has 0 aromatic heterocycles. The lowest BCUT2D eigenvalue weighted by atomic mass is 9.34. The number of rotatable bonds is 6. The summed E-state index contributed by atoms with van der Waals surface area (Å²) in [6.07, 6.45) is 13.3. The van der Waals surface area contributed by atoms with Crippen LogP contribution in [0.4, 0.5) is 0 Å². The van der Waals surface area contributed by atoms with Gasteiger partial charge in [0.2, 0.25) is 0 Å². The fourth-order valence-corrected chi connectivity index (χ4v) is 16.2. The van der Waals surface area contributed by atoms with Crippen LogP contribution < -0.4 is 0 Å². The van der Waals surface area contributed by atoms with Crippen LogP contribution in [0.2, 0.25) is 0 Å². The SMILES string of the molecule is Cc1cc(CC2=C3N=CC4=C3N(C2)CC2C3=C(C(=O)CC3(C)C3(C)CCC5C(C)(C)C(=O)CCC5(C)C3C2O)C(C)(CC(O)C2OC2(C)C)CC4)cc(C2CCCCC2)c1. The molecule has 4 heterocycles. The summed E-state index contributed by atoms with van der Waals surface area (Å²) >= 11 is 0. The molecular weight excluding hydrogens is 745 g/mol. The maximum atomic E-state index is 15.2. The second kappa shape index (κ2) is 13.6. The highest BCUT2D eigenvalue weighted by atomic mass is 16.6. The summed E-state index contributed by atoms with van der Waals surface area (Å²) < 4.78 is 6.03. The normalized spacial score (nSPS) is 41.0. The van der Waals surface area contributed by atoms with E-state index in [1.54, 1.807) is 0 Å². The van der Waals surface area contributed by atoms with Crippen LogP contribution in [-0.4, -0.2) is 69.9 Å². The number of epoxide rings is 1. The van der Waals surface area contributed by atoms with E-state index in [9.17, 15) is 15.0 Å². The van der Waals surface area contributed by atoms with Crippen molar-refractivity contribution in [3.63, 3.8) is 0 Å². The van der Waals surface area contributed by atoms with Crippen LogP contribution in [0.5, 0.6) is 0 Å². The third-order valence-electron chi connectivity index (χ3n) is 19.3. The number of fused-ring (bicyclic) bond motifs is 4. The van der Waals surface area contributed by atoms with Crippen LogP contribution in [0.3, 0.4) is 0 Å². The van der Waals surface area contributed by atoms with Gasteiger partial charge in [0, 0.05) is 54.5 Å². The molecule has 4 aliphatic heterocycles. The number of allylic oxidation sites excluding steroid dienone is 2. The number of carbonyl (C=O) groups excluding carboxylic acids is 2. The summed E-state index contributed by atoms with van der Waals surface area (Å²) in [6, 6.07) is 7.27. The Morgan fingerprint density at radius 3 is 2.38 bits per heavy atom. The summed E-state index contributed by atoms with van der Waals surface area (Å²) in [4.78, 5) is 36.6. The molecule has 0 amide bonds. The van der Waals surface area contributed by atoms with Gasteiger partial charge in [0.25, 0.3) is 0 Å². The quantitative estimate of drug-likeness (QED) is 0.277. The minimum absolute atomic E-state index is 0.0734. The van der Waals surface area contributed by atoms with Crippen molar-refractivity contribution in [2.45, 2.75) is 182 Å². The van der Waals surface area contributed by atoms with Gasteiger partial charge in [-0.1, -0.05) is 84.6 Å². The lowest BCUT2D eigenvalue weighted by molar-refractivity contribution is -0.219. The van der Waals surface area contributed by atoms with Gasteiger partial charge in [-0.2, -0.15) is 0 Å². The number of ketones is 2. The first-order chi connectivity index (χ1) is 28.2. The van der Waals surface area contributed by atoms with E-state index < -0.39 is 28.5 Å². The molecule has 1 aromatic rings. The number of benzene rings is 1. The monoisotopic (exact) mass is 817 g/mol. The van der Waals surface area contributed by atoms with Gasteiger partial charge in [0.15, 0.2) is 5.78 Å². The molecule has 1 saturated heterocycles. The van der Waals surface area contributed by atoms with Crippen molar-refractivity contribution in [1.82, 2.24) is 4.90 Å². The molecule has 4 saturated carbocycles. The minimum Gasteiger partial charge on any atom is -0.392 e. The second-order valence-corrected chi connectivity index (χ2v) is 23.7. The molecule has 2 N–H and O–H groups in total. The standard InChI is InChI=1S/C53H72N2O5/c1-30-21-31(23-34(22-30)32-13-11-10-12-14-32)24-35-28-55-29-36-41-42(50(6,25-38(57)47-49(4,5)60-47)18-15-33-27-54-43(35)44(33)55)37(56)26-53(41,9)52(8)20-16-39-48(2,3)40(58)17-19-51(39,7)46(52)45(36)59/h21-23,27,32,36,38-39,45-47,57,59H,10-20,24-26,28-29H2,1-9H3. The number of hydrogen-bond acceptors (Lipinski definition) is 7. The summed E-state index contributed by atoms with van der Waals surface area (Å²) in [5.74, 6) is 1.02. The van der Waals surface area contributed by atoms with E-state index >= 15 is 4.79 Å². The molecule has 10 unspecified atom stereocenters. The molecule has 324 valence electrons. The minimum atomic E-state index is -0.708. The number of ether oxygens (including phenoxy) is 1. The molecule has 1 aromatic carbocycles. The molecule has 9 aliphatic rings. The molecule has 0 radical (unpaired) electrons. The zero-order chi connectivity index (χ0) is 42.5. The van der Waals surface area contributed by atoms with Crippen molar-refractivity contribution in [3.05, 3.63) is 68.6 Å². The van der Waals surface area contributed by atoms with Crippen molar-refractivity contribution < 1.29 is 24.5 Å². The van der Waals surface area contributed by atoms with Gasteiger partial charge in [-0.15, -0.1) is 0 Å². The van der Waals surface area contributed by atoms with Crippen LogP contribution in [-0.2, 0) is 20.7 Å². The van der Waals surface area contributed by atoms with Crippen LogP contribution in [0, 0.1) is 51.8 Å². The fraction of sp³-hybridized carbons (Fsp3) is 0.717. The molecule has 5 aliphatic carbocycles. The van der Waals surface area contributed by atoms with E-state index in [0.29, 0.717) is 43.9 Å². The lowest BCUT2D eigenvalue weighted by Crippen LogP contribution is -2.68. The topological polar surface area (TPSA) is 103 Å². The van der Waals surface area contributed by atoms with Gasteiger partial charge < -0.3 is 19.8 Å². The first-order valence-corrected chi connectivity index (χ1v) is 23.9. The van der Waals surface area contributed by atoms with Crippen molar-refractivity contribution in [1.29, 1.82) is 0 Å². The van der Waals surface area contributed by atoms with E-state index in [1.807, 2.05) is 13.8 Å². The molecule has 0 spiro atoms. The van der Waals surface area contributed by atoms with Crippen molar-refractivity contribution in [3.8, 4) is 0 Å². The zero-order valence-electron chi connectivity index (χ0n) is 38.2. The van der Waals surface area contributed by atoms with Crippen molar-refractivity contribution in [2.24, 2.45) is 49.8 Å². The van der Waals surface area contributed by atoms with Crippen LogP contribution in [0.15, 0.2) is 56.9 Å². The van der Waals surface area contributed by atoms with E-state index in [2.05, 4.69) is 77.8 Å². The molecule has 60 heavy (non-hydrogen) atoms. The lowest BCUT2D eigenvalue weighted by Gasteiger charge is -2.70. The summed E-state index contributed by atoms with van der Waals surface area (Å²) in [5, 5.41) is 25.4. The maximum Gasteiger partial charge on any atom is 0.160 e. The Balaban J connectivity index is 1.09. The smallest absolute Gasteiger partial charge is 0.160 e. The number of Topliss-reactive ketones (excluding diaryl/α,β-unsaturated/α-hetero) is 2. The Morgan fingerprint density at radius 1 is 0.933 bits per heavy atom. The molecule has 0 bridgehead atoms. The van der Waals surface area contributed by atoms with E-state index in [0.717, 1.165) is 49.9 Å². The predicted octanol–water partition coefficient (Wildman–Crippen LogP) is 9.92. The molecule has 10 rings (SSSR count). The Kier molecular flexibility index (Phi) is 9.31. The highest BCUT2D eigenvalue weighted by molar-refractivity contribution is 6.02. The average molecular weight is 817 g/mol. The number of aliphatic hydroxyl groups excluding tert-OH is 2. The second-order valence-electron chi connectivity index (χ2n) is 23.7. The van der Waals surface area contributed by atoms with Crippen LogP contribution in [0.1, 0.15) is 161 Å². The number of aliphatic imine (C=N–C) groups is 1. The van der Waals surface area contributed by atoms with E-state index in [-0.39, 0.29) is 46.1 Å². The van der Waals surface area contributed by atoms with E-state index in [1.165, 1.54) is 71.2 Å². The van der Waals surface area contributed by atoms with Crippen molar-refractivity contribution in [2.75, 3.05) is 13.1 Å². The Labute approximate surface area is 359 Å². The summed E-state index contributed by atoms with van der Waals surface area (Å²) in [7, 11) is 0. The molecule has 7 heteroatoms. The summed E-state index contributed by atoms with van der Waals surface area (Å²) in [5.41, 5.74) is 8.59. The summed E-state index contributed by atoms with van der Waals surface area (Å²) in [6.45, 7) is 21.4. The van der Waals surface area contributed by atoms with Crippen molar-refractivity contribution >= 4 is 17.8 Å². The first-order valence-electron chi connectivity index (χ1n) is 23.9. The highest BCUT2D eigenvalue weighted by Crippen LogP contribution is 2.75. The van der Waals surface area contributed by atoms with Gasteiger partial charge in [0.05, 0.1) is 29.2 Å². The van der Waals surface area contributed by atoms with E-state index in [4.69, 9.17) is 9.73 Å². The van der Waals surface area contributed by atoms with Gasteiger partial charge in [0.1, 0.15) is 11.9 Å². The largest absolute Gasteiger partial charge is 0.392 e. The van der Waals surface area contributed by atoms with Gasteiger partial charge >= 0.3 is 0 Å². The highest BCUT2D eigenvalue weighted by Gasteiger charge is 2.73. The third kappa shape index (κ3) is 5.85. The number of hydrogen-bond donors (Lipinski definition) is 2. The van der Waals surface area contributed by atoms with Gasteiger partial charge in [-0.3, -0.25) is 14.6 Å². The molecule has 10 atom stereocenters. The molecule has 5 fully saturated rings. The fourth-order valence-electron chi connectivity index (χ4n) is 16.2. The molecule has 7 nitrogen and oxygen atoms in total. The van der Waals surface area contributed by atoms with Crippen LogP contribution >= 0.6 is 0 Å². The number of aryl methyl sites for hydroxylation is 1. The average Bonchev–Trinajstić information content (AvgIpc) is 3.43. The van der Waals surface area contributed by atoms with Crippen LogP contribution in [0.25, 0.3) is 0 Å². The number of aliphatic hydroxyl groups is 2.